The largest absolute Gasteiger partial charge is 0.496 e. The summed E-state index contributed by atoms with van der Waals surface area (Å²) in [5, 5.41) is 0. The molecule has 1 fully saturated rings. The average Bonchev–Trinajstić information content (AvgIpc) is 2.47. The van der Waals surface area contributed by atoms with Gasteiger partial charge in [-0.3, -0.25) is 0 Å². The minimum Gasteiger partial charge on any atom is -0.496 e. The summed E-state index contributed by atoms with van der Waals surface area (Å²) in [5.41, 5.74) is 2.48. The number of rotatable bonds is 5. The first-order valence-corrected chi connectivity index (χ1v) is 6.95. The Kier molecular flexibility index (Phi) is 4.97. The third-order valence-electron chi connectivity index (χ3n) is 3.93. The highest BCUT2D eigenvalue weighted by molar-refractivity contribution is 5.53. The highest BCUT2D eigenvalue weighted by atomic mass is 16.5. The molecule has 1 unspecified atom stereocenters. The summed E-state index contributed by atoms with van der Waals surface area (Å²) in [4.78, 5) is 10.7. The maximum atomic E-state index is 10.7. The van der Waals surface area contributed by atoms with Crippen LogP contribution in [0.2, 0.25) is 0 Å². The second-order valence-corrected chi connectivity index (χ2v) is 5.19. The van der Waals surface area contributed by atoms with Crippen molar-refractivity contribution >= 4 is 6.29 Å². The van der Waals surface area contributed by atoms with Gasteiger partial charge >= 0.3 is 0 Å². The van der Waals surface area contributed by atoms with Crippen LogP contribution >= 0.6 is 0 Å². The predicted octanol–water partition coefficient (Wildman–Crippen LogP) is 3.28. The van der Waals surface area contributed by atoms with Crippen molar-refractivity contribution in [2.45, 2.75) is 38.0 Å². The number of hydrogen-bond donors (Lipinski definition) is 0. The molecule has 0 bridgehead atoms. The summed E-state index contributed by atoms with van der Waals surface area (Å²) in [7, 11) is 1.68. The first-order valence-electron chi connectivity index (χ1n) is 6.95. The standard InChI is InChI=1S/C16H22O3/c1-12(5-8-17)15-11-14(3-4-16(15)18-2)13-6-9-19-10-7-13/h3-4,8,11-13H,5-7,9-10H2,1-2H3. The molecule has 19 heavy (non-hydrogen) atoms. The topological polar surface area (TPSA) is 35.5 Å². The van der Waals surface area contributed by atoms with E-state index in [1.165, 1.54) is 5.56 Å². The van der Waals surface area contributed by atoms with Crippen LogP contribution in [0.3, 0.4) is 0 Å². The summed E-state index contributed by atoms with van der Waals surface area (Å²) < 4.78 is 10.8. The number of methoxy groups -OCH3 is 1. The highest BCUT2D eigenvalue weighted by Crippen LogP contribution is 2.34. The van der Waals surface area contributed by atoms with Gasteiger partial charge < -0.3 is 14.3 Å². The van der Waals surface area contributed by atoms with Gasteiger partial charge in [-0.25, -0.2) is 0 Å². The van der Waals surface area contributed by atoms with Crippen molar-refractivity contribution in [1.82, 2.24) is 0 Å². The Labute approximate surface area is 114 Å². The molecule has 2 rings (SSSR count). The lowest BCUT2D eigenvalue weighted by atomic mass is 9.87. The SMILES string of the molecule is COc1ccc(C2CCOCC2)cc1C(C)CC=O. The molecule has 0 aromatic heterocycles. The number of benzene rings is 1. The van der Waals surface area contributed by atoms with Crippen LogP contribution in [0.25, 0.3) is 0 Å². The van der Waals surface area contributed by atoms with E-state index in [0.29, 0.717) is 12.3 Å². The molecule has 0 spiro atoms. The van der Waals surface area contributed by atoms with Crippen LogP contribution in [0.5, 0.6) is 5.75 Å². The Morgan fingerprint density at radius 2 is 2.16 bits per heavy atom. The molecule has 0 aliphatic carbocycles. The van der Waals surface area contributed by atoms with Crippen LogP contribution in [0.4, 0.5) is 0 Å². The molecule has 1 atom stereocenters. The fourth-order valence-corrected chi connectivity index (χ4v) is 2.69. The molecule has 3 nitrogen and oxygen atoms in total. The van der Waals surface area contributed by atoms with Crippen LogP contribution in [-0.4, -0.2) is 26.6 Å². The summed E-state index contributed by atoms with van der Waals surface area (Å²) in [5.74, 6) is 1.65. The zero-order chi connectivity index (χ0) is 13.7. The minimum absolute atomic E-state index is 0.201. The van der Waals surface area contributed by atoms with E-state index in [4.69, 9.17) is 9.47 Å². The van der Waals surface area contributed by atoms with Gasteiger partial charge in [0.05, 0.1) is 7.11 Å². The molecular weight excluding hydrogens is 240 g/mol. The van der Waals surface area contributed by atoms with Gasteiger partial charge in [0.15, 0.2) is 0 Å². The van der Waals surface area contributed by atoms with Gasteiger partial charge in [-0.2, -0.15) is 0 Å². The molecule has 1 aromatic rings. The molecule has 104 valence electrons. The Morgan fingerprint density at radius 3 is 2.79 bits per heavy atom. The maximum Gasteiger partial charge on any atom is 0.122 e. The normalized spacial score (nSPS) is 18.0. The van der Waals surface area contributed by atoms with Gasteiger partial charge in [0.1, 0.15) is 12.0 Å². The van der Waals surface area contributed by atoms with Crippen molar-refractivity contribution in [3.05, 3.63) is 29.3 Å². The first kappa shape index (κ1) is 14.1. The fraction of sp³-hybridized carbons (Fsp3) is 0.562. The first-order chi connectivity index (χ1) is 9.26. The molecule has 1 aliphatic heterocycles. The van der Waals surface area contributed by atoms with E-state index in [-0.39, 0.29) is 5.92 Å². The summed E-state index contributed by atoms with van der Waals surface area (Å²) in [6.07, 6.45) is 3.67. The van der Waals surface area contributed by atoms with Gasteiger partial charge in [-0.15, -0.1) is 0 Å². The summed E-state index contributed by atoms with van der Waals surface area (Å²) in [6, 6.07) is 6.39. The smallest absolute Gasteiger partial charge is 0.122 e. The van der Waals surface area contributed by atoms with E-state index >= 15 is 0 Å². The van der Waals surface area contributed by atoms with Crippen molar-refractivity contribution in [2.24, 2.45) is 0 Å². The van der Waals surface area contributed by atoms with Crippen molar-refractivity contribution in [3.63, 3.8) is 0 Å². The molecule has 1 aliphatic rings. The molecule has 0 saturated carbocycles. The van der Waals surface area contributed by atoms with Crippen molar-refractivity contribution in [2.75, 3.05) is 20.3 Å². The second-order valence-electron chi connectivity index (χ2n) is 5.19. The lowest BCUT2D eigenvalue weighted by Gasteiger charge is -2.24. The summed E-state index contributed by atoms with van der Waals surface area (Å²) >= 11 is 0. The van der Waals surface area contributed by atoms with Crippen LogP contribution in [0, 0.1) is 0 Å². The molecule has 0 radical (unpaired) electrons. The fourth-order valence-electron chi connectivity index (χ4n) is 2.69. The number of hydrogen-bond acceptors (Lipinski definition) is 3. The molecule has 1 heterocycles. The Morgan fingerprint density at radius 1 is 1.42 bits per heavy atom. The van der Waals surface area contributed by atoms with Crippen molar-refractivity contribution in [1.29, 1.82) is 0 Å². The quantitative estimate of drug-likeness (QED) is 0.764. The highest BCUT2D eigenvalue weighted by Gasteiger charge is 2.19. The third kappa shape index (κ3) is 3.35. The Hall–Kier alpha value is -1.35. The molecule has 0 N–H and O–H groups in total. The number of carbonyl (C=O) groups excluding carboxylic acids is 1. The molecular formula is C16H22O3. The Balaban J connectivity index is 2.26. The van der Waals surface area contributed by atoms with Crippen LogP contribution < -0.4 is 4.74 Å². The number of ether oxygens (including phenoxy) is 2. The van der Waals surface area contributed by atoms with E-state index in [1.807, 2.05) is 6.07 Å². The Bertz CT molecular complexity index is 422. The summed E-state index contributed by atoms with van der Waals surface area (Å²) in [6.45, 7) is 3.76. The number of aldehydes is 1. The van der Waals surface area contributed by atoms with Gasteiger partial charge in [0, 0.05) is 19.6 Å². The molecule has 1 aromatic carbocycles. The van der Waals surface area contributed by atoms with Gasteiger partial charge in [-0.1, -0.05) is 19.1 Å². The van der Waals surface area contributed by atoms with Gasteiger partial charge in [-0.05, 0) is 41.9 Å². The molecule has 1 saturated heterocycles. The van der Waals surface area contributed by atoms with E-state index in [2.05, 4.69) is 19.1 Å². The maximum absolute atomic E-state index is 10.7. The minimum atomic E-state index is 0.201. The molecule has 0 amide bonds. The van der Waals surface area contributed by atoms with E-state index in [9.17, 15) is 4.79 Å². The monoisotopic (exact) mass is 262 g/mol. The second kappa shape index (κ2) is 6.71. The van der Waals surface area contributed by atoms with Gasteiger partial charge in [0.2, 0.25) is 0 Å². The average molecular weight is 262 g/mol. The van der Waals surface area contributed by atoms with E-state index < -0.39 is 0 Å². The zero-order valence-corrected chi connectivity index (χ0v) is 11.7. The van der Waals surface area contributed by atoms with Crippen LogP contribution in [-0.2, 0) is 9.53 Å². The van der Waals surface area contributed by atoms with Gasteiger partial charge in [0.25, 0.3) is 0 Å². The van der Waals surface area contributed by atoms with Crippen molar-refractivity contribution in [3.8, 4) is 5.75 Å². The van der Waals surface area contributed by atoms with E-state index in [1.54, 1.807) is 7.11 Å². The zero-order valence-electron chi connectivity index (χ0n) is 11.7. The predicted molar refractivity (Wildman–Crippen MR) is 74.9 cm³/mol. The lowest BCUT2D eigenvalue weighted by molar-refractivity contribution is -0.108. The van der Waals surface area contributed by atoms with E-state index in [0.717, 1.165) is 43.7 Å². The van der Waals surface area contributed by atoms with Crippen LogP contribution in [0.15, 0.2) is 18.2 Å². The third-order valence-corrected chi connectivity index (χ3v) is 3.93. The lowest BCUT2D eigenvalue weighted by Crippen LogP contribution is -2.14. The molecule has 3 heteroatoms. The number of carbonyl (C=O) groups is 1. The van der Waals surface area contributed by atoms with Crippen LogP contribution in [0.1, 0.15) is 49.1 Å². The van der Waals surface area contributed by atoms with Crippen molar-refractivity contribution < 1.29 is 14.3 Å².